The summed E-state index contributed by atoms with van der Waals surface area (Å²) in [6, 6.07) is 14.1. The van der Waals surface area contributed by atoms with Crippen LogP contribution in [0.2, 0.25) is 5.02 Å². The van der Waals surface area contributed by atoms with Gasteiger partial charge in [0.05, 0.1) is 11.6 Å². The summed E-state index contributed by atoms with van der Waals surface area (Å²) in [6.45, 7) is 0.677. The van der Waals surface area contributed by atoms with Gasteiger partial charge in [-0.25, -0.2) is 4.39 Å². The second kappa shape index (κ2) is 7.42. The molecule has 2 aromatic carbocycles. The molecule has 3 aromatic rings. The molecule has 1 heterocycles. The van der Waals surface area contributed by atoms with Gasteiger partial charge in [0.15, 0.2) is 5.11 Å². The van der Waals surface area contributed by atoms with E-state index in [0.717, 1.165) is 11.3 Å². The molecular weight excluding hydrogens is 347 g/mol. The zero-order valence-corrected chi connectivity index (χ0v) is 14.1. The predicted octanol–water partition coefficient (Wildman–Crippen LogP) is 4.53. The highest BCUT2D eigenvalue weighted by Gasteiger charge is 2.04. The molecule has 7 heteroatoms. The van der Waals surface area contributed by atoms with Crippen molar-refractivity contribution in [2.45, 2.75) is 6.54 Å². The van der Waals surface area contributed by atoms with Crippen molar-refractivity contribution in [2.24, 2.45) is 0 Å². The third kappa shape index (κ3) is 4.31. The lowest BCUT2D eigenvalue weighted by Crippen LogP contribution is -2.19. The van der Waals surface area contributed by atoms with E-state index in [1.54, 1.807) is 12.3 Å². The van der Waals surface area contributed by atoms with Gasteiger partial charge in [-0.3, -0.25) is 4.68 Å². The Kier molecular flexibility index (Phi) is 5.08. The third-order valence-corrected chi connectivity index (χ3v) is 3.76. The van der Waals surface area contributed by atoms with Gasteiger partial charge in [0.25, 0.3) is 0 Å². The first kappa shape index (κ1) is 16.4. The second-order valence-corrected chi connectivity index (χ2v) is 5.93. The zero-order valence-electron chi connectivity index (χ0n) is 12.5. The van der Waals surface area contributed by atoms with Crippen LogP contribution < -0.4 is 10.6 Å². The standard InChI is InChI=1S/C17H14ClFN4S/c18-15-10-14(5-6-16(15)19)22-17(24)21-13-4-1-3-12(9-13)11-23-8-2-7-20-23/h1-10H,11H2,(H2,21,22,24). The third-order valence-electron chi connectivity index (χ3n) is 3.27. The van der Waals surface area contributed by atoms with E-state index in [-0.39, 0.29) is 5.02 Å². The summed E-state index contributed by atoms with van der Waals surface area (Å²) in [5.74, 6) is -0.465. The first-order valence-corrected chi connectivity index (χ1v) is 7.98. The van der Waals surface area contributed by atoms with E-state index in [2.05, 4.69) is 15.7 Å². The smallest absolute Gasteiger partial charge is 0.175 e. The van der Waals surface area contributed by atoms with Crippen molar-refractivity contribution in [1.29, 1.82) is 0 Å². The Morgan fingerprint density at radius 1 is 1.12 bits per heavy atom. The van der Waals surface area contributed by atoms with E-state index in [1.807, 2.05) is 41.2 Å². The number of thiocarbonyl (C=S) groups is 1. The summed E-state index contributed by atoms with van der Waals surface area (Å²) in [5, 5.41) is 10.7. The van der Waals surface area contributed by atoms with Crippen LogP contribution in [-0.2, 0) is 6.54 Å². The number of nitrogens with one attached hydrogen (secondary N) is 2. The molecule has 0 radical (unpaired) electrons. The van der Waals surface area contributed by atoms with Crippen LogP contribution in [0.3, 0.4) is 0 Å². The van der Waals surface area contributed by atoms with Gasteiger partial charge >= 0.3 is 0 Å². The van der Waals surface area contributed by atoms with Crippen LogP contribution >= 0.6 is 23.8 Å². The number of halogens is 2. The lowest BCUT2D eigenvalue weighted by Gasteiger charge is -2.12. The van der Waals surface area contributed by atoms with Crippen molar-refractivity contribution < 1.29 is 4.39 Å². The summed E-state index contributed by atoms with van der Waals surface area (Å²) in [5.41, 5.74) is 2.56. The fourth-order valence-corrected chi connectivity index (χ4v) is 2.61. The molecule has 2 N–H and O–H groups in total. The van der Waals surface area contributed by atoms with Crippen molar-refractivity contribution in [2.75, 3.05) is 10.6 Å². The summed E-state index contributed by atoms with van der Waals surface area (Å²) < 4.78 is 15.0. The number of rotatable bonds is 4. The molecule has 0 saturated carbocycles. The average Bonchev–Trinajstić information content (AvgIpc) is 3.04. The Morgan fingerprint density at radius 3 is 2.62 bits per heavy atom. The Balaban J connectivity index is 1.64. The van der Waals surface area contributed by atoms with Crippen molar-refractivity contribution in [1.82, 2.24) is 9.78 Å². The van der Waals surface area contributed by atoms with Crippen LogP contribution in [0, 0.1) is 5.82 Å². The highest BCUT2D eigenvalue weighted by Crippen LogP contribution is 2.20. The molecular formula is C17H14ClFN4S. The average molecular weight is 361 g/mol. The monoisotopic (exact) mass is 360 g/mol. The molecule has 0 unspecified atom stereocenters. The van der Waals surface area contributed by atoms with Crippen LogP contribution in [-0.4, -0.2) is 14.9 Å². The van der Waals surface area contributed by atoms with Gasteiger partial charge in [-0.15, -0.1) is 0 Å². The van der Waals surface area contributed by atoms with Crippen LogP contribution in [0.25, 0.3) is 0 Å². The summed E-state index contributed by atoms with van der Waals surface area (Å²) in [7, 11) is 0. The lowest BCUT2D eigenvalue weighted by atomic mass is 10.2. The molecule has 0 aliphatic carbocycles. The first-order chi connectivity index (χ1) is 11.6. The summed E-state index contributed by atoms with van der Waals surface area (Å²) >= 11 is 11.0. The van der Waals surface area contributed by atoms with Gasteiger partial charge in [0.2, 0.25) is 0 Å². The van der Waals surface area contributed by atoms with Gasteiger partial charge in [0.1, 0.15) is 5.82 Å². The first-order valence-electron chi connectivity index (χ1n) is 7.19. The molecule has 0 atom stereocenters. The van der Waals surface area contributed by atoms with Gasteiger partial charge in [-0.2, -0.15) is 5.10 Å². The van der Waals surface area contributed by atoms with E-state index >= 15 is 0 Å². The van der Waals surface area contributed by atoms with E-state index in [4.69, 9.17) is 23.8 Å². The predicted molar refractivity (Wildman–Crippen MR) is 99.0 cm³/mol. The summed E-state index contributed by atoms with van der Waals surface area (Å²) in [4.78, 5) is 0. The maximum Gasteiger partial charge on any atom is 0.175 e. The summed E-state index contributed by atoms with van der Waals surface area (Å²) in [6.07, 6.45) is 3.65. The van der Waals surface area contributed by atoms with Crippen molar-refractivity contribution in [3.05, 3.63) is 77.3 Å². The van der Waals surface area contributed by atoms with E-state index < -0.39 is 5.82 Å². The van der Waals surface area contributed by atoms with Gasteiger partial charge < -0.3 is 10.6 Å². The molecule has 122 valence electrons. The van der Waals surface area contributed by atoms with Crippen molar-refractivity contribution in [3.8, 4) is 0 Å². The molecule has 0 fully saturated rings. The SMILES string of the molecule is Fc1ccc(NC(=S)Nc2cccc(Cn3cccn3)c2)cc1Cl. The van der Waals surface area contributed by atoms with Crippen LogP contribution in [0.15, 0.2) is 60.9 Å². The Labute approximate surface area is 149 Å². The van der Waals surface area contributed by atoms with Crippen LogP contribution in [0.1, 0.15) is 5.56 Å². The van der Waals surface area contributed by atoms with Crippen LogP contribution in [0.5, 0.6) is 0 Å². The highest BCUT2D eigenvalue weighted by molar-refractivity contribution is 7.80. The topological polar surface area (TPSA) is 41.9 Å². The number of hydrogen-bond donors (Lipinski definition) is 2. The lowest BCUT2D eigenvalue weighted by molar-refractivity contribution is 0.628. The quantitative estimate of drug-likeness (QED) is 0.671. The van der Waals surface area contributed by atoms with E-state index in [0.29, 0.717) is 17.3 Å². The Hall–Kier alpha value is -2.44. The van der Waals surface area contributed by atoms with Gasteiger partial charge in [-0.05, 0) is 54.2 Å². The minimum absolute atomic E-state index is 0.0454. The molecule has 3 rings (SSSR count). The molecule has 0 aliphatic heterocycles. The molecule has 0 amide bonds. The number of anilines is 2. The molecule has 0 bridgehead atoms. The number of hydrogen-bond acceptors (Lipinski definition) is 2. The van der Waals surface area contributed by atoms with Gasteiger partial charge in [0, 0.05) is 23.8 Å². The normalized spacial score (nSPS) is 10.4. The molecule has 0 aliphatic rings. The molecule has 1 aromatic heterocycles. The highest BCUT2D eigenvalue weighted by atomic mass is 35.5. The molecule has 24 heavy (non-hydrogen) atoms. The van der Waals surface area contributed by atoms with Gasteiger partial charge in [-0.1, -0.05) is 23.7 Å². The fourth-order valence-electron chi connectivity index (χ4n) is 2.20. The minimum atomic E-state index is -0.465. The minimum Gasteiger partial charge on any atom is -0.332 e. The molecule has 4 nitrogen and oxygen atoms in total. The zero-order chi connectivity index (χ0) is 16.9. The van der Waals surface area contributed by atoms with E-state index in [1.165, 1.54) is 12.1 Å². The van der Waals surface area contributed by atoms with Crippen LogP contribution in [0.4, 0.5) is 15.8 Å². The Bertz CT molecular complexity index is 852. The fraction of sp³-hybridized carbons (Fsp3) is 0.0588. The maximum atomic E-state index is 13.2. The Morgan fingerprint density at radius 2 is 1.92 bits per heavy atom. The van der Waals surface area contributed by atoms with Crippen molar-refractivity contribution in [3.63, 3.8) is 0 Å². The number of aromatic nitrogens is 2. The largest absolute Gasteiger partial charge is 0.332 e. The molecule has 0 spiro atoms. The van der Waals surface area contributed by atoms with Crippen molar-refractivity contribution >= 4 is 40.3 Å². The number of nitrogens with zero attached hydrogens (tertiary/aromatic N) is 2. The molecule has 0 saturated heterocycles. The second-order valence-electron chi connectivity index (χ2n) is 5.11. The van der Waals surface area contributed by atoms with E-state index in [9.17, 15) is 4.39 Å². The maximum absolute atomic E-state index is 13.2. The number of benzene rings is 2.